The van der Waals surface area contributed by atoms with E-state index in [2.05, 4.69) is 6.07 Å². The van der Waals surface area contributed by atoms with Crippen LogP contribution in [0, 0.1) is 0 Å². The van der Waals surface area contributed by atoms with Crippen molar-refractivity contribution in [1.29, 1.82) is 0 Å². The van der Waals surface area contributed by atoms with Crippen molar-refractivity contribution in [2.24, 2.45) is 0 Å². The second-order valence-corrected chi connectivity index (χ2v) is 10.6. The molecule has 0 aliphatic carbocycles. The Morgan fingerprint density at radius 2 is 0.953 bits per heavy atom. The Morgan fingerprint density at radius 1 is 0.419 bits per heavy atom. The molecule has 1 aromatic heterocycles. The van der Waals surface area contributed by atoms with Crippen LogP contribution < -0.4 is 0 Å². The lowest BCUT2D eigenvalue weighted by Crippen LogP contribution is -1.92. The zero-order valence-electron chi connectivity index (χ0n) is 30.8. The van der Waals surface area contributed by atoms with Crippen LogP contribution in [0.5, 0.6) is 0 Å². The first-order valence-electron chi connectivity index (χ1n) is 18.1. The summed E-state index contributed by atoms with van der Waals surface area (Å²) in [4.78, 5) is 0. The highest BCUT2D eigenvalue weighted by molar-refractivity contribution is 6.25. The van der Waals surface area contributed by atoms with Gasteiger partial charge in [0, 0.05) is 21.9 Å². The fourth-order valence-corrected chi connectivity index (χ4v) is 6.41. The zero-order valence-corrected chi connectivity index (χ0v) is 22.8. The molecule has 0 spiro atoms. The first kappa shape index (κ1) is 17.3. The van der Waals surface area contributed by atoms with Gasteiger partial charge in [0.1, 0.15) is 11.2 Å². The number of fused-ring (bicyclic) bond motifs is 6. The molecule has 1 nitrogen and oxygen atoms in total. The van der Waals surface area contributed by atoms with Crippen molar-refractivity contribution in [3.63, 3.8) is 0 Å². The van der Waals surface area contributed by atoms with Gasteiger partial charge in [-0.2, -0.15) is 0 Å². The molecule has 0 bridgehead atoms. The quantitative estimate of drug-likeness (QED) is 0.198. The van der Waals surface area contributed by atoms with Gasteiger partial charge in [0.25, 0.3) is 0 Å². The van der Waals surface area contributed by atoms with E-state index in [1.54, 1.807) is 6.07 Å². The van der Waals surface area contributed by atoms with E-state index >= 15 is 0 Å². The van der Waals surface area contributed by atoms with Gasteiger partial charge in [0.15, 0.2) is 0 Å². The van der Waals surface area contributed by atoms with Crippen LogP contribution in [0.1, 0.15) is 11.0 Å². The lowest BCUT2D eigenvalue weighted by molar-refractivity contribution is 0.670. The smallest absolute Gasteiger partial charge is 0.143 e. The molecule has 9 aromatic rings. The van der Waals surface area contributed by atoms with E-state index in [0.29, 0.717) is 27.9 Å². The summed E-state index contributed by atoms with van der Waals surface area (Å²) in [6.45, 7) is 0. The number of benzene rings is 8. The molecule has 0 saturated carbocycles. The van der Waals surface area contributed by atoms with E-state index < -0.39 is 24.2 Å². The van der Waals surface area contributed by atoms with Crippen LogP contribution in [0.25, 0.3) is 87.6 Å². The highest BCUT2D eigenvalue weighted by atomic mass is 16.3. The SMILES string of the molecule is [2H]c1c([2H])c([2H])c2c(-c3cccc4c3oc3cc5ccccc5cc34)c3c([2H])c([2H])c([2H])c([2H])c3c(-c3ccccc3-c3ccccc3)c2c1[2H]. The molecule has 0 aliphatic rings. The predicted octanol–water partition coefficient (Wildman–Crippen LogP) is 12.0. The first-order valence-corrected chi connectivity index (χ1v) is 14.1. The normalized spacial score (nSPS) is 14.3. The summed E-state index contributed by atoms with van der Waals surface area (Å²) in [7, 11) is 0. The van der Waals surface area contributed by atoms with Crippen LogP contribution in [0.2, 0.25) is 0 Å². The van der Waals surface area contributed by atoms with Gasteiger partial charge in [-0.15, -0.1) is 0 Å². The van der Waals surface area contributed by atoms with E-state index in [0.717, 1.165) is 32.7 Å². The predicted molar refractivity (Wildman–Crippen MR) is 183 cm³/mol. The lowest BCUT2D eigenvalue weighted by atomic mass is 9.83. The molecule has 0 N–H and O–H groups in total. The molecule has 9 rings (SSSR count). The molecule has 0 unspecified atom stereocenters. The van der Waals surface area contributed by atoms with E-state index in [4.69, 9.17) is 9.90 Å². The Kier molecular flexibility index (Phi) is 3.80. The molecule has 200 valence electrons. The Labute approximate surface area is 260 Å². The lowest BCUT2D eigenvalue weighted by Gasteiger charge is -2.19. The Balaban J connectivity index is 1.56. The molecule has 0 radical (unpaired) electrons. The minimum Gasteiger partial charge on any atom is -0.455 e. The van der Waals surface area contributed by atoms with Gasteiger partial charge >= 0.3 is 0 Å². The van der Waals surface area contributed by atoms with Crippen LogP contribution in [0.4, 0.5) is 0 Å². The van der Waals surface area contributed by atoms with Gasteiger partial charge in [-0.3, -0.25) is 0 Å². The third kappa shape index (κ3) is 3.65. The number of hydrogen-bond donors (Lipinski definition) is 0. The Morgan fingerprint density at radius 3 is 1.63 bits per heavy atom. The average molecular weight is 555 g/mol. The highest BCUT2D eigenvalue weighted by Gasteiger charge is 2.21. The fourth-order valence-electron chi connectivity index (χ4n) is 6.41. The number of furan rings is 1. The first-order chi connectivity index (χ1) is 24.7. The molecule has 1 heterocycles. The molecule has 0 amide bonds. The summed E-state index contributed by atoms with van der Waals surface area (Å²) in [5, 5.41) is 4.27. The monoisotopic (exact) mass is 554 g/mol. The molecule has 0 saturated heterocycles. The van der Waals surface area contributed by atoms with Crippen LogP contribution in [-0.4, -0.2) is 0 Å². The van der Waals surface area contributed by atoms with Crippen molar-refractivity contribution in [3.05, 3.63) is 158 Å². The summed E-state index contributed by atoms with van der Waals surface area (Å²) < 4.78 is 79.4. The second-order valence-electron chi connectivity index (χ2n) is 10.6. The third-order valence-electron chi connectivity index (χ3n) is 8.29. The van der Waals surface area contributed by atoms with Gasteiger partial charge < -0.3 is 4.42 Å². The van der Waals surface area contributed by atoms with E-state index in [9.17, 15) is 5.48 Å². The van der Waals surface area contributed by atoms with Gasteiger partial charge in [-0.25, -0.2) is 0 Å². The van der Waals surface area contributed by atoms with Gasteiger partial charge in [0.2, 0.25) is 0 Å². The third-order valence-corrected chi connectivity index (χ3v) is 8.29. The number of rotatable bonds is 3. The number of para-hydroxylation sites is 1. The molecular formula is C42H26O. The van der Waals surface area contributed by atoms with Crippen LogP contribution in [0.15, 0.2) is 162 Å². The molecule has 1 heteroatoms. The van der Waals surface area contributed by atoms with Crippen molar-refractivity contribution >= 4 is 54.3 Å². The van der Waals surface area contributed by atoms with Crippen molar-refractivity contribution in [2.45, 2.75) is 0 Å². The molecule has 43 heavy (non-hydrogen) atoms. The molecular weight excluding hydrogens is 520 g/mol. The van der Waals surface area contributed by atoms with Gasteiger partial charge in [-0.1, -0.05) is 145 Å². The maximum Gasteiger partial charge on any atom is 0.143 e. The van der Waals surface area contributed by atoms with Gasteiger partial charge in [-0.05, 0) is 66.7 Å². The summed E-state index contributed by atoms with van der Waals surface area (Å²) in [5.74, 6) is 0. The molecule has 0 atom stereocenters. The van der Waals surface area contributed by atoms with Crippen molar-refractivity contribution in [2.75, 3.05) is 0 Å². The van der Waals surface area contributed by atoms with E-state index in [1.807, 2.05) is 97.1 Å². The van der Waals surface area contributed by atoms with Crippen molar-refractivity contribution in [1.82, 2.24) is 0 Å². The summed E-state index contributed by atoms with van der Waals surface area (Å²) in [6, 6.07) is 31.6. The summed E-state index contributed by atoms with van der Waals surface area (Å²) in [5.41, 5.74) is 4.28. The van der Waals surface area contributed by atoms with Crippen LogP contribution in [0.3, 0.4) is 0 Å². The number of hydrogen-bond acceptors (Lipinski definition) is 1. The molecule has 0 fully saturated rings. The fraction of sp³-hybridized carbons (Fsp3) is 0. The summed E-state index contributed by atoms with van der Waals surface area (Å²) >= 11 is 0. The van der Waals surface area contributed by atoms with E-state index in [-0.39, 0.29) is 51.3 Å². The van der Waals surface area contributed by atoms with Crippen LogP contribution in [-0.2, 0) is 0 Å². The standard InChI is InChI=1S/C42H26O/c1-2-13-27(14-3-1)30-17-6-7-18-31(30)40-32-19-8-10-21-34(32)41(35-22-11-9-20-33(35)40)37-24-12-23-36-38-25-28-15-4-5-16-29(28)26-39(38)43-42(36)37/h1-26H/i8D,9D,10D,11D,19D,20D,21D,22D. The Hall–Kier alpha value is -5.66. The average Bonchev–Trinajstić information content (AvgIpc) is 3.53. The molecule has 0 aliphatic heterocycles. The molecule has 8 aromatic carbocycles. The van der Waals surface area contributed by atoms with Gasteiger partial charge in [0.05, 0.1) is 11.0 Å². The topological polar surface area (TPSA) is 13.1 Å². The van der Waals surface area contributed by atoms with Crippen molar-refractivity contribution < 1.29 is 15.4 Å². The Bertz CT molecular complexity index is 2870. The maximum absolute atomic E-state index is 9.39. The maximum atomic E-state index is 9.39. The van der Waals surface area contributed by atoms with E-state index in [1.165, 1.54) is 0 Å². The highest BCUT2D eigenvalue weighted by Crippen LogP contribution is 2.48. The minimum atomic E-state index is -0.445. The second kappa shape index (κ2) is 9.44. The van der Waals surface area contributed by atoms with Crippen molar-refractivity contribution in [3.8, 4) is 33.4 Å². The van der Waals surface area contributed by atoms with Crippen LogP contribution >= 0.6 is 0 Å². The minimum absolute atomic E-state index is 0.148. The largest absolute Gasteiger partial charge is 0.455 e. The summed E-state index contributed by atoms with van der Waals surface area (Å²) in [6.07, 6.45) is 0. The zero-order chi connectivity index (χ0) is 35.3.